The molecule has 2 rings (SSSR count). The molecule has 114 valence electrons. The maximum atomic E-state index is 13.0. The summed E-state index contributed by atoms with van der Waals surface area (Å²) in [4.78, 5) is 11.3. The van der Waals surface area contributed by atoms with Crippen LogP contribution in [0.2, 0.25) is 0 Å². The van der Waals surface area contributed by atoms with Crippen LogP contribution in [0.25, 0.3) is 0 Å². The van der Waals surface area contributed by atoms with Gasteiger partial charge in [0.25, 0.3) is 5.91 Å². The molecule has 0 bridgehead atoms. The highest BCUT2D eigenvalue weighted by Gasteiger charge is 2.35. The van der Waals surface area contributed by atoms with Crippen LogP contribution in [0.15, 0.2) is 18.2 Å². The fourth-order valence-corrected chi connectivity index (χ4v) is 1.80. The van der Waals surface area contributed by atoms with Gasteiger partial charge in [0, 0.05) is 11.6 Å². The molecule has 0 radical (unpaired) electrons. The number of benzene rings is 1. The molecule has 1 saturated carbocycles. The number of nitrogens with one attached hydrogen (secondary N) is 1. The lowest BCUT2D eigenvalue weighted by atomic mass is 10.1. The van der Waals surface area contributed by atoms with E-state index in [1.807, 2.05) is 0 Å². The van der Waals surface area contributed by atoms with Crippen LogP contribution in [0, 0.1) is 0 Å². The van der Waals surface area contributed by atoms with Gasteiger partial charge in [0.1, 0.15) is 10.7 Å². The second kappa shape index (κ2) is 5.88. The number of halogens is 3. The number of hydrogen-bond donors (Lipinski definition) is 2. The van der Waals surface area contributed by atoms with E-state index in [2.05, 4.69) is 17.5 Å². The Balaban J connectivity index is 2.13. The number of alkyl halides is 3. The van der Waals surface area contributed by atoms with Crippen LogP contribution in [0.5, 0.6) is 5.75 Å². The van der Waals surface area contributed by atoms with Gasteiger partial charge in [-0.1, -0.05) is 12.2 Å². The number of amides is 1. The van der Waals surface area contributed by atoms with Crippen molar-refractivity contribution in [3.05, 3.63) is 29.3 Å². The lowest BCUT2D eigenvalue weighted by molar-refractivity contribution is -0.139. The predicted octanol–water partition coefficient (Wildman–Crippen LogP) is 2.00. The van der Waals surface area contributed by atoms with Crippen LogP contribution in [0.4, 0.5) is 13.2 Å². The van der Waals surface area contributed by atoms with Gasteiger partial charge in [-0.2, -0.15) is 13.2 Å². The van der Waals surface area contributed by atoms with Crippen molar-refractivity contribution in [2.75, 3.05) is 6.61 Å². The molecule has 0 aromatic heterocycles. The van der Waals surface area contributed by atoms with Crippen LogP contribution in [-0.2, 0) is 11.0 Å². The molecule has 0 aliphatic heterocycles. The molecule has 8 heteroatoms. The molecule has 0 spiro atoms. The maximum Gasteiger partial charge on any atom is 0.419 e. The number of carbonyl (C=O) groups excluding carboxylic acids is 1. The summed E-state index contributed by atoms with van der Waals surface area (Å²) in [7, 11) is 0. The number of carbonyl (C=O) groups is 1. The Kier molecular flexibility index (Phi) is 4.36. The van der Waals surface area contributed by atoms with Gasteiger partial charge in [-0.3, -0.25) is 4.79 Å². The van der Waals surface area contributed by atoms with Crippen molar-refractivity contribution < 1.29 is 22.7 Å². The molecule has 1 aromatic rings. The molecule has 1 aliphatic rings. The third-order valence-corrected chi connectivity index (χ3v) is 3.11. The Labute approximate surface area is 124 Å². The molecule has 1 amide bonds. The number of ether oxygens (including phenoxy) is 1. The smallest absolute Gasteiger partial charge is 0.419 e. The predicted molar refractivity (Wildman–Crippen MR) is 74.0 cm³/mol. The number of thiocarbonyl (C=S) groups is 1. The molecule has 0 unspecified atom stereocenters. The lowest BCUT2D eigenvalue weighted by Crippen LogP contribution is -2.30. The first-order chi connectivity index (χ1) is 9.77. The summed E-state index contributed by atoms with van der Waals surface area (Å²) >= 11 is 4.65. The molecular weight excluding hydrogens is 305 g/mol. The molecule has 1 aromatic carbocycles. The van der Waals surface area contributed by atoms with Crippen molar-refractivity contribution >= 4 is 23.1 Å². The molecule has 0 saturated heterocycles. The third-order valence-electron chi connectivity index (χ3n) is 2.87. The molecule has 1 fully saturated rings. The van der Waals surface area contributed by atoms with E-state index in [1.165, 1.54) is 6.07 Å². The van der Waals surface area contributed by atoms with Crippen molar-refractivity contribution in [1.29, 1.82) is 0 Å². The Bertz CT molecular complexity index is 571. The van der Waals surface area contributed by atoms with Crippen molar-refractivity contribution in [3.63, 3.8) is 0 Å². The standard InChI is InChI=1S/C13H13F3N2O2S/c14-13(15,16)9-5-7(12(17)21)1-4-10(9)20-6-11(19)18-8-2-3-8/h1,4-5,8H,2-3,6H2,(H2,17,21)(H,18,19). The van der Waals surface area contributed by atoms with E-state index >= 15 is 0 Å². The highest BCUT2D eigenvalue weighted by molar-refractivity contribution is 7.80. The first kappa shape index (κ1) is 15.6. The van der Waals surface area contributed by atoms with E-state index < -0.39 is 30.0 Å². The summed E-state index contributed by atoms with van der Waals surface area (Å²) < 4.78 is 43.9. The molecular formula is C13H13F3N2O2S. The van der Waals surface area contributed by atoms with Gasteiger partial charge in [0.05, 0.1) is 5.56 Å². The van der Waals surface area contributed by atoms with Crippen molar-refractivity contribution in [2.24, 2.45) is 5.73 Å². The van der Waals surface area contributed by atoms with Crippen LogP contribution in [-0.4, -0.2) is 23.5 Å². The van der Waals surface area contributed by atoms with Crippen LogP contribution < -0.4 is 15.8 Å². The van der Waals surface area contributed by atoms with E-state index in [-0.39, 0.29) is 16.6 Å². The summed E-state index contributed by atoms with van der Waals surface area (Å²) in [5.41, 5.74) is 4.40. The Morgan fingerprint density at radius 1 is 1.43 bits per heavy atom. The van der Waals surface area contributed by atoms with E-state index in [1.54, 1.807) is 0 Å². The zero-order chi connectivity index (χ0) is 15.6. The Morgan fingerprint density at radius 3 is 2.62 bits per heavy atom. The minimum atomic E-state index is -4.62. The molecule has 4 nitrogen and oxygen atoms in total. The number of hydrogen-bond acceptors (Lipinski definition) is 3. The highest BCUT2D eigenvalue weighted by atomic mass is 32.1. The van der Waals surface area contributed by atoms with Crippen LogP contribution in [0.1, 0.15) is 24.0 Å². The summed E-state index contributed by atoms with van der Waals surface area (Å²) in [5.74, 6) is -0.863. The van der Waals surface area contributed by atoms with Crippen LogP contribution in [0.3, 0.4) is 0 Å². The normalized spacial score (nSPS) is 14.6. The fourth-order valence-electron chi connectivity index (χ4n) is 1.67. The summed E-state index contributed by atoms with van der Waals surface area (Å²) in [6, 6.07) is 3.38. The number of nitrogens with two attached hydrogens (primary N) is 1. The van der Waals surface area contributed by atoms with E-state index in [9.17, 15) is 18.0 Å². The van der Waals surface area contributed by atoms with E-state index in [4.69, 9.17) is 10.5 Å². The second-order valence-electron chi connectivity index (χ2n) is 4.70. The highest BCUT2D eigenvalue weighted by Crippen LogP contribution is 2.36. The summed E-state index contributed by atoms with van der Waals surface area (Å²) in [6.07, 6.45) is -2.84. The topological polar surface area (TPSA) is 64.3 Å². The minimum absolute atomic E-state index is 0.0899. The average molecular weight is 318 g/mol. The quantitative estimate of drug-likeness (QED) is 0.815. The fraction of sp³-hybridized carbons (Fsp3) is 0.385. The molecule has 21 heavy (non-hydrogen) atoms. The van der Waals surface area contributed by atoms with Crippen molar-refractivity contribution in [1.82, 2.24) is 5.32 Å². The minimum Gasteiger partial charge on any atom is -0.483 e. The summed E-state index contributed by atoms with van der Waals surface area (Å²) in [6.45, 7) is -0.466. The van der Waals surface area contributed by atoms with Crippen molar-refractivity contribution in [2.45, 2.75) is 25.1 Å². The monoisotopic (exact) mass is 318 g/mol. The Hall–Kier alpha value is -1.83. The first-order valence-electron chi connectivity index (χ1n) is 6.20. The summed E-state index contributed by atoms with van der Waals surface area (Å²) in [5, 5.41) is 2.63. The van der Waals surface area contributed by atoms with E-state index in [0.29, 0.717) is 0 Å². The van der Waals surface area contributed by atoms with Gasteiger partial charge in [-0.05, 0) is 31.0 Å². The van der Waals surface area contributed by atoms with Crippen LogP contribution >= 0.6 is 12.2 Å². The van der Waals surface area contributed by atoms with Gasteiger partial charge < -0.3 is 15.8 Å². The van der Waals surface area contributed by atoms with Gasteiger partial charge in [0.15, 0.2) is 6.61 Å². The molecule has 3 N–H and O–H groups in total. The molecule has 1 aliphatic carbocycles. The SMILES string of the molecule is NC(=S)c1ccc(OCC(=O)NC2CC2)c(C(F)(F)F)c1. The molecule has 0 atom stereocenters. The average Bonchev–Trinajstić information content (AvgIpc) is 3.18. The van der Waals surface area contributed by atoms with Gasteiger partial charge in [-0.25, -0.2) is 0 Å². The second-order valence-corrected chi connectivity index (χ2v) is 5.14. The molecule has 0 heterocycles. The van der Waals surface area contributed by atoms with Gasteiger partial charge >= 0.3 is 6.18 Å². The van der Waals surface area contributed by atoms with Crippen molar-refractivity contribution in [3.8, 4) is 5.75 Å². The first-order valence-corrected chi connectivity index (χ1v) is 6.61. The van der Waals surface area contributed by atoms with Gasteiger partial charge in [0.2, 0.25) is 0 Å². The number of rotatable bonds is 5. The van der Waals surface area contributed by atoms with Gasteiger partial charge in [-0.15, -0.1) is 0 Å². The zero-order valence-electron chi connectivity index (χ0n) is 10.9. The zero-order valence-corrected chi connectivity index (χ0v) is 11.7. The Morgan fingerprint density at radius 2 is 2.10 bits per heavy atom. The maximum absolute atomic E-state index is 13.0. The largest absolute Gasteiger partial charge is 0.483 e. The third kappa shape index (κ3) is 4.32. The lowest BCUT2D eigenvalue weighted by Gasteiger charge is -2.15. The van der Waals surface area contributed by atoms with E-state index in [0.717, 1.165) is 25.0 Å².